The number of halogens is 1. The fourth-order valence-electron chi connectivity index (χ4n) is 1.99. The van der Waals surface area contributed by atoms with Crippen molar-refractivity contribution in [2.45, 2.75) is 18.6 Å². The lowest BCUT2D eigenvalue weighted by molar-refractivity contribution is -0.0147. The molecule has 0 aromatic carbocycles. The van der Waals surface area contributed by atoms with Crippen molar-refractivity contribution >= 4 is 16.9 Å². The SMILES string of the molecule is C#CC(CO)(CCn1cc(F)c2c(N)ncnc21)OC. The molecule has 0 aliphatic heterocycles. The van der Waals surface area contributed by atoms with Gasteiger partial charge in [0, 0.05) is 26.3 Å². The Morgan fingerprint density at radius 2 is 2.35 bits per heavy atom. The van der Waals surface area contributed by atoms with Gasteiger partial charge in [0.15, 0.2) is 11.4 Å². The standard InChI is InChI=1S/C13H15FN4O2/c1-3-13(7-19,20-2)4-5-18-6-9(14)10-11(15)16-8-17-12(10)18/h1,6,8,19H,4-5,7H2,2H3,(H2,15,16,17). The van der Waals surface area contributed by atoms with Crippen LogP contribution in [0.2, 0.25) is 0 Å². The van der Waals surface area contributed by atoms with Gasteiger partial charge in [0.05, 0.1) is 12.0 Å². The lowest BCUT2D eigenvalue weighted by Crippen LogP contribution is -2.35. The first-order valence-corrected chi connectivity index (χ1v) is 5.95. The fraction of sp³-hybridized carbons (Fsp3) is 0.385. The summed E-state index contributed by atoms with van der Waals surface area (Å²) in [6, 6.07) is 0. The van der Waals surface area contributed by atoms with E-state index in [9.17, 15) is 9.50 Å². The van der Waals surface area contributed by atoms with Crippen LogP contribution >= 0.6 is 0 Å². The zero-order valence-corrected chi connectivity index (χ0v) is 11.0. The molecular weight excluding hydrogens is 263 g/mol. The molecule has 0 fully saturated rings. The molecule has 2 aromatic heterocycles. The number of aliphatic hydroxyl groups excluding tert-OH is 1. The first kappa shape index (κ1) is 14.2. The monoisotopic (exact) mass is 278 g/mol. The third-order valence-electron chi connectivity index (χ3n) is 3.30. The molecule has 0 amide bonds. The number of aliphatic hydroxyl groups is 1. The quantitative estimate of drug-likeness (QED) is 0.780. The summed E-state index contributed by atoms with van der Waals surface area (Å²) >= 11 is 0. The Labute approximate surface area is 115 Å². The van der Waals surface area contributed by atoms with Gasteiger partial charge in [-0.3, -0.25) is 0 Å². The van der Waals surface area contributed by atoms with E-state index < -0.39 is 11.4 Å². The average Bonchev–Trinajstić information content (AvgIpc) is 2.79. The molecule has 2 rings (SSSR count). The van der Waals surface area contributed by atoms with E-state index in [2.05, 4.69) is 15.9 Å². The molecule has 6 nitrogen and oxygen atoms in total. The topological polar surface area (TPSA) is 86.2 Å². The van der Waals surface area contributed by atoms with Crippen molar-refractivity contribution in [2.75, 3.05) is 19.5 Å². The van der Waals surface area contributed by atoms with Crippen molar-refractivity contribution < 1.29 is 14.2 Å². The minimum absolute atomic E-state index is 0.0864. The number of anilines is 1. The molecule has 2 heterocycles. The molecule has 0 radical (unpaired) electrons. The van der Waals surface area contributed by atoms with E-state index in [1.807, 2.05) is 0 Å². The van der Waals surface area contributed by atoms with Crippen molar-refractivity contribution in [3.05, 3.63) is 18.3 Å². The third kappa shape index (κ3) is 2.31. The number of ether oxygens (including phenoxy) is 1. The van der Waals surface area contributed by atoms with Gasteiger partial charge >= 0.3 is 0 Å². The highest BCUT2D eigenvalue weighted by atomic mass is 19.1. The molecule has 0 saturated heterocycles. The van der Waals surface area contributed by atoms with Gasteiger partial charge in [0.1, 0.15) is 17.8 Å². The molecular formula is C13H15FN4O2. The molecule has 0 saturated carbocycles. The maximum absolute atomic E-state index is 13.8. The fourth-order valence-corrected chi connectivity index (χ4v) is 1.99. The second kappa shape index (κ2) is 5.45. The zero-order valence-electron chi connectivity index (χ0n) is 11.0. The van der Waals surface area contributed by atoms with E-state index in [0.29, 0.717) is 18.6 Å². The van der Waals surface area contributed by atoms with Crippen LogP contribution in [0.4, 0.5) is 10.2 Å². The largest absolute Gasteiger partial charge is 0.392 e. The van der Waals surface area contributed by atoms with Crippen molar-refractivity contribution in [1.82, 2.24) is 14.5 Å². The molecule has 0 bridgehead atoms. The Kier molecular flexibility index (Phi) is 3.88. The summed E-state index contributed by atoms with van der Waals surface area (Å²) in [5, 5.41) is 9.50. The summed E-state index contributed by atoms with van der Waals surface area (Å²) in [7, 11) is 1.42. The van der Waals surface area contributed by atoms with Crippen LogP contribution in [0, 0.1) is 18.2 Å². The second-order valence-electron chi connectivity index (χ2n) is 4.38. The number of nitrogens with two attached hydrogens (primary N) is 1. The van der Waals surface area contributed by atoms with Gasteiger partial charge in [-0.15, -0.1) is 6.42 Å². The average molecular weight is 278 g/mol. The Morgan fingerprint density at radius 3 is 2.95 bits per heavy atom. The lowest BCUT2D eigenvalue weighted by Gasteiger charge is -2.24. The number of fused-ring (bicyclic) bond motifs is 1. The third-order valence-corrected chi connectivity index (χ3v) is 3.30. The molecule has 0 spiro atoms. The molecule has 1 unspecified atom stereocenters. The van der Waals surface area contributed by atoms with Crippen molar-refractivity contribution in [2.24, 2.45) is 0 Å². The zero-order chi connectivity index (χ0) is 14.8. The number of terminal acetylenes is 1. The number of aryl methyl sites for hydroxylation is 1. The number of nitrogens with zero attached hydrogens (tertiary/aromatic N) is 3. The summed E-state index contributed by atoms with van der Waals surface area (Å²) in [5.41, 5.74) is 4.92. The van der Waals surface area contributed by atoms with E-state index >= 15 is 0 Å². The highest BCUT2D eigenvalue weighted by molar-refractivity contribution is 5.86. The predicted octanol–water partition coefficient (Wildman–Crippen LogP) is 0.553. The van der Waals surface area contributed by atoms with Gasteiger partial charge in [0.25, 0.3) is 0 Å². The van der Waals surface area contributed by atoms with Crippen LogP contribution in [0.15, 0.2) is 12.5 Å². The molecule has 1 atom stereocenters. The van der Waals surface area contributed by atoms with Gasteiger partial charge in [-0.05, 0) is 0 Å². The Bertz CT molecular complexity index is 658. The second-order valence-corrected chi connectivity index (χ2v) is 4.38. The van der Waals surface area contributed by atoms with Crippen LogP contribution in [-0.4, -0.2) is 39.0 Å². The first-order chi connectivity index (χ1) is 9.56. The summed E-state index contributed by atoms with van der Waals surface area (Å²) in [4.78, 5) is 7.77. The maximum atomic E-state index is 13.8. The number of methoxy groups -OCH3 is 1. The normalized spacial score (nSPS) is 14.1. The van der Waals surface area contributed by atoms with E-state index in [-0.39, 0.29) is 17.8 Å². The van der Waals surface area contributed by atoms with Gasteiger partial charge in [-0.1, -0.05) is 5.92 Å². The van der Waals surface area contributed by atoms with Crippen LogP contribution in [0.1, 0.15) is 6.42 Å². The molecule has 106 valence electrons. The Balaban J connectivity index is 2.32. The Hall–Kier alpha value is -2.17. The Morgan fingerprint density at radius 1 is 1.60 bits per heavy atom. The minimum atomic E-state index is -1.09. The van der Waals surface area contributed by atoms with Crippen LogP contribution in [0.25, 0.3) is 11.0 Å². The van der Waals surface area contributed by atoms with Gasteiger partial charge < -0.3 is 20.1 Å². The van der Waals surface area contributed by atoms with E-state index in [1.54, 1.807) is 4.57 Å². The highest BCUT2D eigenvalue weighted by Gasteiger charge is 2.26. The maximum Gasteiger partial charge on any atom is 0.154 e. The number of rotatable bonds is 5. The number of hydrogen-bond donors (Lipinski definition) is 2. The van der Waals surface area contributed by atoms with Crippen LogP contribution in [0.5, 0.6) is 0 Å². The van der Waals surface area contributed by atoms with E-state index in [1.165, 1.54) is 19.6 Å². The van der Waals surface area contributed by atoms with Crippen LogP contribution in [-0.2, 0) is 11.3 Å². The number of aromatic nitrogens is 3. The summed E-state index contributed by atoms with van der Waals surface area (Å²) in [6.45, 7) is 0.00821. The molecule has 20 heavy (non-hydrogen) atoms. The van der Waals surface area contributed by atoms with Gasteiger partial charge in [-0.25, -0.2) is 14.4 Å². The van der Waals surface area contributed by atoms with Gasteiger partial charge in [-0.2, -0.15) is 0 Å². The molecule has 3 N–H and O–H groups in total. The first-order valence-electron chi connectivity index (χ1n) is 5.95. The smallest absolute Gasteiger partial charge is 0.154 e. The lowest BCUT2D eigenvalue weighted by atomic mass is 10.0. The van der Waals surface area contributed by atoms with E-state index in [4.69, 9.17) is 16.9 Å². The van der Waals surface area contributed by atoms with Crippen molar-refractivity contribution in [1.29, 1.82) is 0 Å². The molecule has 0 aliphatic carbocycles. The highest BCUT2D eigenvalue weighted by Crippen LogP contribution is 2.24. The van der Waals surface area contributed by atoms with Crippen LogP contribution in [0.3, 0.4) is 0 Å². The number of hydrogen-bond acceptors (Lipinski definition) is 5. The van der Waals surface area contributed by atoms with Crippen molar-refractivity contribution in [3.8, 4) is 12.3 Å². The summed E-state index contributed by atoms with van der Waals surface area (Å²) in [6.07, 6.45) is 8.23. The number of nitrogen functional groups attached to an aromatic ring is 1. The minimum Gasteiger partial charge on any atom is -0.392 e. The van der Waals surface area contributed by atoms with Crippen LogP contribution < -0.4 is 5.73 Å². The van der Waals surface area contributed by atoms with Gasteiger partial charge in [0.2, 0.25) is 0 Å². The predicted molar refractivity (Wildman–Crippen MR) is 72.2 cm³/mol. The molecule has 0 aliphatic rings. The van der Waals surface area contributed by atoms with Crippen molar-refractivity contribution in [3.63, 3.8) is 0 Å². The van der Waals surface area contributed by atoms with E-state index in [0.717, 1.165) is 0 Å². The summed E-state index contributed by atoms with van der Waals surface area (Å²) < 4.78 is 20.6. The molecule has 7 heteroatoms. The molecule has 2 aromatic rings. The summed E-state index contributed by atoms with van der Waals surface area (Å²) in [5.74, 6) is 2.01.